The van der Waals surface area contributed by atoms with Crippen LogP contribution in [-0.4, -0.2) is 57.0 Å². The van der Waals surface area contributed by atoms with Gasteiger partial charge in [-0.3, -0.25) is 4.57 Å². The van der Waals surface area contributed by atoms with Gasteiger partial charge in [0.25, 0.3) is 0 Å². The van der Waals surface area contributed by atoms with Crippen molar-refractivity contribution in [2.24, 2.45) is 0 Å². The number of para-hydroxylation sites is 1. The second-order valence-corrected chi connectivity index (χ2v) is 10.8. The molecule has 3 N–H and O–H groups in total. The lowest BCUT2D eigenvalue weighted by Gasteiger charge is -2.26. The number of hydrogen-bond donors (Lipinski definition) is 2. The minimum atomic E-state index is -3.43. The van der Waals surface area contributed by atoms with E-state index in [4.69, 9.17) is 24.5 Å². The molecule has 0 spiro atoms. The van der Waals surface area contributed by atoms with Gasteiger partial charge in [-0.05, 0) is 32.4 Å². The molecule has 0 radical (unpaired) electrons. The molecule has 3 aromatic rings. The summed E-state index contributed by atoms with van der Waals surface area (Å²) in [6.45, 7) is 6.89. The van der Waals surface area contributed by atoms with E-state index >= 15 is 0 Å². The topological polar surface area (TPSA) is 136 Å². The number of anilines is 1. The number of aromatic nitrogens is 4. The van der Waals surface area contributed by atoms with E-state index in [1.807, 2.05) is 36.6 Å². The third-order valence-corrected chi connectivity index (χ3v) is 7.47. The van der Waals surface area contributed by atoms with E-state index in [0.717, 1.165) is 6.42 Å². The van der Waals surface area contributed by atoms with Crippen LogP contribution in [0.15, 0.2) is 43.0 Å². The molecular formula is C23H33N6O5P. The molecule has 3 heterocycles. The summed E-state index contributed by atoms with van der Waals surface area (Å²) in [5, 5.41) is 3.14. The first-order valence-corrected chi connectivity index (χ1v) is 13.6. The average Bonchev–Trinajstić information content (AvgIpc) is 3.46. The highest BCUT2D eigenvalue weighted by Gasteiger charge is 2.32. The SMILES string of the molecule is CCC1COC(CC(C)NP(=O)(CO[C@H](C)Cn2cnc3c(N)ncnc32)Oc2ccccc2)O1. The van der Waals surface area contributed by atoms with Crippen molar-refractivity contribution in [3.05, 3.63) is 43.0 Å². The number of nitrogens with two attached hydrogens (primary N) is 1. The number of imidazole rings is 1. The van der Waals surface area contributed by atoms with Crippen LogP contribution < -0.4 is 15.3 Å². The van der Waals surface area contributed by atoms with Crippen LogP contribution in [0, 0.1) is 0 Å². The number of benzene rings is 1. The number of hydrogen-bond acceptors (Lipinski definition) is 9. The molecule has 0 aliphatic carbocycles. The van der Waals surface area contributed by atoms with Gasteiger partial charge in [-0.15, -0.1) is 0 Å². The standard InChI is InChI=1S/C23H33N6O5P/c1-4-18-12-31-20(33-18)10-16(2)28-35(30,34-19-8-6-5-7-9-19)15-32-17(3)11-29-14-27-21-22(24)25-13-26-23(21)29/h5-9,13-14,16-18,20H,4,10-12,15H2,1-3H3,(H,28,30)(H2,24,25,26)/t16?,17-,18?,20?,35?/m1/s1. The number of ether oxygens (including phenoxy) is 3. The molecule has 5 atom stereocenters. The molecule has 2 aromatic heterocycles. The van der Waals surface area contributed by atoms with Crippen LogP contribution in [-0.2, 0) is 25.3 Å². The van der Waals surface area contributed by atoms with Gasteiger partial charge in [0.2, 0.25) is 0 Å². The summed E-state index contributed by atoms with van der Waals surface area (Å²) in [6.07, 6.45) is 3.80. The van der Waals surface area contributed by atoms with Crippen LogP contribution in [0.3, 0.4) is 0 Å². The largest absolute Gasteiger partial charge is 0.431 e. The zero-order valence-corrected chi connectivity index (χ0v) is 21.1. The van der Waals surface area contributed by atoms with Crippen molar-refractivity contribution in [3.8, 4) is 5.75 Å². The summed E-state index contributed by atoms with van der Waals surface area (Å²) in [7, 11) is -3.43. The highest BCUT2D eigenvalue weighted by atomic mass is 31.2. The number of fused-ring (bicyclic) bond motifs is 1. The van der Waals surface area contributed by atoms with Gasteiger partial charge < -0.3 is 29.0 Å². The van der Waals surface area contributed by atoms with E-state index in [0.29, 0.717) is 42.3 Å². The Morgan fingerprint density at radius 2 is 2.06 bits per heavy atom. The van der Waals surface area contributed by atoms with E-state index in [1.54, 1.807) is 18.5 Å². The van der Waals surface area contributed by atoms with Gasteiger partial charge in [-0.25, -0.2) is 20.0 Å². The Balaban J connectivity index is 1.39. The normalized spacial score (nSPS) is 21.6. The molecule has 4 unspecified atom stereocenters. The van der Waals surface area contributed by atoms with Crippen molar-refractivity contribution in [3.63, 3.8) is 0 Å². The van der Waals surface area contributed by atoms with Gasteiger partial charge in [-0.2, -0.15) is 0 Å². The number of rotatable bonds is 12. The second-order valence-electron chi connectivity index (χ2n) is 8.71. The Labute approximate surface area is 204 Å². The Morgan fingerprint density at radius 3 is 2.80 bits per heavy atom. The predicted molar refractivity (Wildman–Crippen MR) is 132 cm³/mol. The summed E-state index contributed by atoms with van der Waals surface area (Å²) in [4.78, 5) is 12.5. The van der Waals surface area contributed by atoms with E-state index in [2.05, 4.69) is 27.0 Å². The van der Waals surface area contributed by atoms with Crippen molar-refractivity contribution in [1.82, 2.24) is 24.6 Å². The molecule has 11 nitrogen and oxygen atoms in total. The van der Waals surface area contributed by atoms with Crippen molar-refractivity contribution in [1.29, 1.82) is 0 Å². The quantitative estimate of drug-likeness (QED) is 0.352. The molecule has 1 aliphatic rings. The maximum absolute atomic E-state index is 13.9. The van der Waals surface area contributed by atoms with Crippen LogP contribution in [0.1, 0.15) is 33.6 Å². The third kappa shape index (κ3) is 6.77. The van der Waals surface area contributed by atoms with Gasteiger partial charge in [-0.1, -0.05) is 25.1 Å². The van der Waals surface area contributed by atoms with Crippen LogP contribution in [0.2, 0.25) is 0 Å². The summed E-state index contributed by atoms with van der Waals surface area (Å²) in [5.74, 6) is 0.820. The zero-order chi connectivity index (χ0) is 24.8. The Kier molecular flexibility index (Phi) is 8.35. The number of nitrogens with zero attached hydrogens (tertiary/aromatic N) is 4. The van der Waals surface area contributed by atoms with E-state index in [1.165, 1.54) is 6.33 Å². The van der Waals surface area contributed by atoms with Gasteiger partial charge in [0.1, 0.15) is 23.9 Å². The highest BCUT2D eigenvalue weighted by molar-refractivity contribution is 7.57. The monoisotopic (exact) mass is 504 g/mol. The fourth-order valence-electron chi connectivity index (χ4n) is 3.85. The van der Waals surface area contributed by atoms with E-state index < -0.39 is 7.52 Å². The molecule has 12 heteroatoms. The number of nitrogen functional groups attached to an aromatic ring is 1. The molecule has 0 amide bonds. The van der Waals surface area contributed by atoms with Crippen molar-refractivity contribution in [2.75, 3.05) is 18.7 Å². The average molecular weight is 505 g/mol. The van der Waals surface area contributed by atoms with Crippen LogP contribution in [0.5, 0.6) is 5.75 Å². The van der Waals surface area contributed by atoms with E-state index in [9.17, 15) is 4.57 Å². The Bertz CT molecular complexity index is 1150. The van der Waals surface area contributed by atoms with Gasteiger partial charge in [0, 0.05) is 12.5 Å². The molecule has 1 aromatic carbocycles. The smallest absolute Gasteiger partial charge is 0.342 e. The minimum absolute atomic E-state index is 0.101. The van der Waals surface area contributed by atoms with Crippen molar-refractivity contribution < 1.29 is 23.3 Å². The van der Waals surface area contributed by atoms with Crippen molar-refractivity contribution >= 4 is 24.5 Å². The minimum Gasteiger partial charge on any atom is -0.431 e. The summed E-state index contributed by atoms with van der Waals surface area (Å²) in [6, 6.07) is 8.86. The molecule has 35 heavy (non-hydrogen) atoms. The maximum Gasteiger partial charge on any atom is 0.342 e. The molecule has 0 saturated carbocycles. The molecule has 190 valence electrons. The first kappa shape index (κ1) is 25.5. The highest BCUT2D eigenvalue weighted by Crippen LogP contribution is 2.44. The van der Waals surface area contributed by atoms with Crippen LogP contribution >= 0.6 is 7.52 Å². The molecule has 0 bridgehead atoms. The molecule has 1 saturated heterocycles. The molecule has 4 rings (SSSR count). The summed E-state index contributed by atoms with van der Waals surface area (Å²) < 4.78 is 39.2. The summed E-state index contributed by atoms with van der Waals surface area (Å²) in [5.41, 5.74) is 7.02. The Hall–Kier alpha value is -2.56. The fraction of sp³-hybridized carbons (Fsp3) is 0.522. The summed E-state index contributed by atoms with van der Waals surface area (Å²) >= 11 is 0. The molecule has 1 aliphatic heterocycles. The van der Waals surface area contributed by atoms with Crippen LogP contribution in [0.4, 0.5) is 5.82 Å². The van der Waals surface area contributed by atoms with E-state index in [-0.39, 0.29) is 30.9 Å². The Morgan fingerprint density at radius 1 is 1.26 bits per heavy atom. The lowest BCUT2D eigenvalue weighted by Crippen LogP contribution is -2.32. The van der Waals surface area contributed by atoms with Crippen molar-refractivity contribution in [2.45, 2.75) is 64.7 Å². The zero-order valence-electron chi connectivity index (χ0n) is 20.2. The van der Waals surface area contributed by atoms with Gasteiger partial charge in [0.15, 0.2) is 17.8 Å². The lowest BCUT2D eigenvalue weighted by atomic mass is 10.2. The van der Waals surface area contributed by atoms with Crippen LogP contribution in [0.25, 0.3) is 11.2 Å². The number of nitrogens with one attached hydrogen (secondary N) is 1. The maximum atomic E-state index is 13.9. The predicted octanol–water partition coefficient (Wildman–Crippen LogP) is 3.56. The molecule has 1 fully saturated rings. The third-order valence-electron chi connectivity index (χ3n) is 5.64. The van der Waals surface area contributed by atoms with Gasteiger partial charge in [0.05, 0.1) is 31.7 Å². The second kappa shape index (κ2) is 11.5. The lowest BCUT2D eigenvalue weighted by molar-refractivity contribution is -0.0658. The fourth-order valence-corrected chi connectivity index (χ4v) is 5.72. The van der Waals surface area contributed by atoms with Gasteiger partial charge >= 0.3 is 7.52 Å². The first-order valence-electron chi connectivity index (χ1n) is 11.8. The first-order chi connectivity index (χ1) is 16.8. The molecular weight excluding hydrogens is 471 g/mol.